The smallest absolute Gasteiger partial charge is 0.332 e. The van der Waals surface area contributed by atoms with Gasteiger partial charge in [-0.1, -0.05) is 0 Å². The zero-order valence-electron chi connectivity index (χ0n) is 6.29. The second kappa shape index (κ2) is 3.69. The summed E-state index contributed by atoms with van der Waals surface area (Å²) in [6.45, 7) is 1.55. The summed E-state index contributed by atoms with van der Waals surface area (Å²) >= 11 is 0. The normalized spacial score (nSPS) is 27.9. The zero-order valence-corrected chi connectivity index (χ0v) is 6.29. The second-order valence-corrected chi connectivity index (χ2v) is 2.89. The van der Waals surface area contributed by atoms with E-state index < -0.39 is 12.1 Å². The monoisotopic (exact) mass is 159 g/mol. The lowest BCUT2D eigenvalue weighted by atomic mass is 9.94. The van der Waals surface area contributed by atoms with Gasteiger partial charge >= 0.3 is 5.97 Å². The van der Waals surface area contributed by atoms with E-state index >= 15 is 0 Å². The van der Waals surface area contributed by atoms with Crippen molar-refractivity contribution in [3.63, 3.8) is 0 Å². The Bertz CT molecular complexity index is 143. The third-order valence-electron chi connectivity index (χ3n) is 2.03. The zero-order chi connectivity index (χ0) is 8.27. The average Bonchev–Trinajstić information content (AvgIpc) is 2.05. The number of hydrogen-bond donors (Lipinski definition) is 3. The van der Waals surface area contributed by atoms with Crippen molar-refractivity contribution < 1.29 is 15.0 Å². The number of carboxylic acids is 1. The molecule has 0 saturated carbocycles. The van der Waals surface area contributed by atoms with Gasteiger partial charge in [0.05, 0.1) is 0 Å². The Morgan fingerprint density at radius 1 is 1.64 bits per heavy atom. The van der Waals surface area contributed by atoms with Crippen LogP contribution in [0.4, 0.5) is 0 Å². The van der Waals surface area contributed by atoms with Crippen molar-refractivity contribution in [1.82, 2.24) is 5.32 Å². The van der Waals surface area contributed by atoms with Gasteiger partial charge in [0.1, 0.15) is 0 Å². The summed E-state index contributed by atoms with van der Waals surface area (Å²) in [7, 11) is 0. The average molecular weight is 159 g/mol. The molecule has 2 unspecified atom stereocenters. The molecule has 0 bridgehead atoms. The Morgan fingerprint density at radius 3 is 2.82 bits per heavy atom. The summed E-state index contributed by atoms with van der Waals surface area (Å²) in [5.41, 5.74) is 0. The maximum atomic E-state index is 10.3. The second-order valence-electron chi connectivity index (χ2n) is 2.89. The summed E-state index contributed by atoms with van der Waals surface area (Å²) in [5, 5.41) is 20.6. The van der Waals surface area contributed by atoms with Crippen molar-refractivity contribution in [3.8, 4) is 0 Å². The molecule has 11 heavy (non-hydrogen) atoms. The van der Waals surface area contributed by atoms with Crippen molar-refractivity contribution in [1.29, 1.82) is 0 Å². The predicted octanol–water partition coefficient (Wildman–Crippen LogP) is -0.568. The summed E-state index contributed by atoms with van der Waals surface area (Å²) in [5.74, 6) is -1.22. The number of aliphatic hydroxyl groups is 1. The number of aliphatic hydroxyl groups excluding tert-OH is 1. The third kappa shape index (κ3) is 2.17. The molecular weight excluding hydrogens is 146 g/mol. The fourth-order valence-corrected chi connectivity index (χ4v) is 1.35. The van der Waals surface area contributed by atoms with E-state index in [9.17, 15) is 4.79 Å². The molecule has 0 aliphatic carbocycles. The minimum atomic E-state index is -1.19. The fourth-order valence-electron chi connectivity index (χ4n) is 1.35. The number of nitrogens with one attached hydrogen (secondary N) is 1. The van der Waals surface area contributed by atoms with Gasteiger partial charge in [-0.05, 0) is 19.4 Å². The van der Waals surface area contributed by atoms with Gasteiger partial charge in [0.25, 0.3) is 0 Å². The molecule has 64 valence electrons. The van der Waals surface area contributed by atoms with Gasteiger partial charge in [-0.25, -0.2) is 4.79 Å². The van der Waals surface area contributed by atoms with Gasteiger partial charge in [0, 0.05) is 12.5 Å². The molecule has 1 aliphatic heterocycles. The lowest BCUT2D eigenvalue weighted by molar-refractivity contribution is -0.150. The first kappa shape index (κ1) is 8.49. The molecule has 4 nitrogen and oxygen atoms in total. The molecule has 3 N–H and O–H groups in total. The van der Waals surface area contributed by atoms with Crippen molar-refractivity contribution in [3.05, 3.63) is 0 Å². The maximum absolute atomic E-state index is 10.3. The molecule has 0 spiro atoms. The van der Waals surface area contributed by atoms with Gasteiger partial charge in [0.2, 0.25) is 0 Å². The highest BCUT2D eigenvalue weighted by Gasteiger charge is 2.26. The SMILES string of the molecule is O=C(O)C(O)C1CCCNC1. The van der Waals surface area contributed by atoms with Crippen LogP contribution in [0.15, 0.2) is 0 Å². The maximum Gasteiger partial charge on any atom is 0.332 e. The number of aliphatic carboxylic acids is 1. The van der Waals surface area contributed by atoms with Crippen molar-refractivity contribution in [2.24, 2.45) is 5.92 Å². The topological polar surface area (TPSA) is 69.6 Å². The number of rotatable bonds is 2. The number of piperidine rings is 1. The van der Waals surface area contributed by atoms with Crippen molar-refractivity contribution in [2.45, 2.75) is 18.9 Å². The van der Waals surface area contributed by atoms with E-state index in [1.165, 1.54) is 0 Å². The fraction of sp³-hybridized carbons (Fsp3) is 0.857. The molecular formula is C7H13NO3. The van der Waals surface area contributed by atoms with Crippen LogP contribution >= 0.6 is 0 Å². The number of carbonyl (C=O) groups is 1. The first-order chi connectivity index (χ1) is 5.22. The summed E-state index contributed by atoms with van der Waals surface area (Å²) in [6.07, 6.45) is 0.568. The van der Waals surface area contributed by atoms with Crippen molar-refractivity contribution >= 4 is 5.97 Å². The molecule has 1 heterocycles. The van der Waals surface area contributed by atoms with Crippen molar-refractivity contribution in [2.75, 3.05) is 13.1 Å². The third-order valence-corrected chi connectivity index (χ3v) is 2.03. The van der Waals surface area contributed by atoms with Crippen LogP contribution in [-0.4, -0.2) is 35.4 Å². The molecule has 0 amide bonds. The highest BCUT2D eigenvalue weighted by molar-refractivity contribution is 5.72. The molecule has 2 atom stereocenters. The Hall–Kier alpha value is -0.610. The van der Waals surface area contributed by atoms with E-state index in [0.717, 1.165) is 19.4 Å². The molecule has 4 heteroatoms. The van der Waals surface area contributed by atoms with Crippen LogP contribution in [0.3, 0.4) is 0 Å². The summed E-state index contributed by atoms with van der Waals surface area (Å²) in [6, 6.07) is 0. The molecule has 1 rings (SSSR count). The Balaban J connectivity index is 2.38. The molecule has 0 radical (unpaired) electrons. The van der Waals surface area contributed by atoms with Crippen LogP contribution in [0, 0.1) is 5.92 Å². The van der Waals surface area contributed by atoms with Crippen LogP contribution in [0.1, 0.15) is 12.8 Å². The number of hydrogen-bond acceptors (Lipinski definition) is 3. The van der Waals surface area contributed by atoms with Crippen LogP contribution in [0.2, 0.25) is 0 Å². The Morgan fingerprint density at radius 2 is 2.36 bits per heavy atom. The minimum Gasteiger partial charge on any atom is -0.479 e. The Kier molecular flexibility index (Phi) is 2.84. The highest BCUT2D eigenvalue weighted by Crippen LogP contribution is 2.14. The van der Waals surface area contributed by atoms with Crippen LogP contribution in [-0.2, 0) is 4.79 Å². The van der Waals surface area contributed by atoms with E-state index in [0.29, 0.717) is 6.54 Å². The van der Waals surface area contributed by atoms with E-state index in [2.05, 4.69) is 5.32 Å². The lowest BCUT2D eigenvalue weighted by Gasteiger charge is -2.24. The standard InChI is InChI=1S/C7H13NO3/c9-6(7(10)11)5-2-1-3-8-4-5/h5-6,8-9H,1-4H2,(H,10,11). The largest absolute Gasteiger partial charge is 0.479 e. The van der Waals surface area contributed by atoms with Gasteiger partial charge in [-0.15, -0.1) is 0 Å². The molecule has 0 aromatic rings. The van der Waals surface area contributed by atoms with E-state index in [4.69, 9.17) is 10.2 Å². The number of carboxylic acid groups (broad SMARTS) is 1. The molecule has 1 fully saturated rings. The summed E-state index contributed by atoms with van der Waals surface area (Å²) in [4.78, 5) is 10.3. The van der Waals surface area contributed by atoms with Gasteiger partial charge in [-0.2, -0.15) is 0 Å². The molecule has 0 aromatic carbocycles. The highest BCUT2D eigenvalue weighted by atomic mass is 16.4. The minimum absolute atomic E-state index is 0.110. The van der Waals surface area contributed by atoms with E-state index in [-0.39, 0.29) is 5.92 Å². The quantitative estimate of drug-likeness (QED) is 0.504. The predicted molar refractivity (Wildman–Crippen MR) is 39.2 cm³/mol. The first-order valence-corrected chi connectivity index (χ1v) is 3.83. The van der Waals surface area contributed by atoms with Gasteiger partial charge < -0.3 is 15.5 Å². The van der Waals surface area contributed by atoms with Gasteiger partial charge in [-0.3, -0.25) is 0 Å². The van der Waals surface area contributed by atoms with Crippen LogP contribution in [0.5, 0.6) is 0 Å². The van der Waals surface area contributed by atoms with Gasteiger partial charge in [0.15, 0.2) is 6.10 Å². The molecule has 0 aromatic heterocycles. The van der Waals surface area contributed by atoms with Crippen LogP contribution in [0.25, 0.3) is 0 Å². The molecule has 1 saturated heterocycles. The van der Waals surface area contributed by atoms with E-state index in [1.807, 2.05) is 0 Å². The summed E-state index contributed by atoms with van der Waals surface area (Å²) < 4.78 is 0. The van der Waals surface area contributed by atoms with Crippen LogP contribution < -0.4 is 5.32 Å². The first-order valence-electron chi connectivity index (χ1n) is 3.83. The van der Waals surface area contributed by atoms with E-state index in [1.54, 1.807) is 0 Å². The molecule has 1 aliphatic rings. The Labute approximate surface area is 65.2 Å². The lowest BCUT2D eigenvalue weighted by Crippen LogP contribution is -2.40.